The van der Waals surface area contributed by atoms with Crippen LogP contribution in [0.2, 0.25) is 0 Å². The van der Waals surface area contributed by atoms with Crippen LogP contribution in [-0.4, -0.2) is 31.3 Å². The van der Waals surface area contributed by atoms with Crippen LogP contribution in [0, 0.1) is 0 Å². The second-order valence-electron chi connectivity index (χ2n) is 3.23. The standard InChI is InChI=1S/C9H14N2OS/c1-12-6-5-11(8-2-3-8)9-10-4-7-13-9/h4,7-8H,2-3,5-6H2,1H3. The SMILES string of the molecule is COCCN(c1nccs1)C1CC1. The van der Waals surface area contributed by atoms with Gasteiger partial charge in [0.1, 0.15) is 0 Å². The first kappa shape index (κ1) is 8.97. The first-order valence-electron chi connectivity index (χ1n) is 4.57. The molecule has 0 radical (unpaired) electrons. The number of hydrogen-bond acceptors (Lipinski definition) is 4. The van der Waals surface area contributed by atoms with E-state index in [4.69, 9.17) is 4.74 Å². The molecule has 0 amide bonds. The summed E-state index contributed by atoms with van der Waals surface area (Å²) in [5, 5.41) is 3.16. The van der Waals surface area contributed by atoms with Crippen molar-refractivity contribution in [1.29, 1.82) is 0 Å². The second kappa shape index (κ2) is 4.07. The molecule has 2 rings (SSSR count). The number of methoxy groups -OCH3 is 1. The van der Waals surface area contributed by atoms with Gasteiger partial charge in [-0.3, -0.25) is 0 Å². The molecule has 1 aliphatic carbocycles. The Kier molecular flexibility index (Phi) is 2.80. The second-order valence-corrected chi connectivity index (χ2v) is 4.11. The number of anilines is 1. The summed E-state index contributed by atoms with van der Waals surface area (Å²) >= 11 is 1.71. The minimum absolute atomic E-state index is 0.723. The zero-order valence-electron chi connectivity index (χ0n) is 7.77. The Morgan fingerprint density at radius 2 is 2.54 bits per heavy atom. The molecule has 4 heteroatoms. The van der Waals surface area contributed by atoms with Crippen LogP contribution in [-0.2, 0) is 4.74 Å². The number of rotatable bonds is 5. The van der Waals surface area contributed by atoms with Gasteiger partial charge in [-0.2, -0.15) is 0 Å². The first-order valence-corrected chi connectivity index (χ1v) is 5.45. The fraction of sp³-hybridized carbons (Fsp3) is 0.667. The lowest BCUT2D eigenvalue weighted by molar-refractivity contribution is 0.205. The van der Waals surface area contributed by atoms with Crippen LogP contribution >= 0.6 is 11.3 Å². The van der Waals surface area contributed by atoms with Gasteiger partial charge in [0.2, 0.25) is 0 Å². The fourth-order valence-corrected chi connectivity index (χ4v) is 2.11. The van der Waals surface area contributed by atoms with E-state index in [1.165, 1.54) is 12.8 Å². The summed E-state index contributed by atoms with van der Waals surface area (Å²) in [6, 6.07) is 0.723. The molecular weight excluding hydrogens is 184 g/mol. The van der Waals surface area contributed by atoms with Gasteiger partial charge in [0.05, 0.1) is 6.61 Å². The molecule has 1 heterocycles. The zero-order valence-corrected chi connectivity index (χ0v) is 8.59. The first-order chi connectivity index (χ1) is 6.42. The highest BCUT2D eigenvalue weighted by molar-refractivity contribution is 7.13. The van der Waals surface area contributed by atoms with E-state index >= 15 is 0 Å². The van der Waals surface area contributed by atoms with E-state index in [-0.39, 0.29) is 0 Å². The van der Waals surface area contributed by atoms with Crippen molar-refractivity contribution in [3.8, 4) is 0 Å². The lowest BCUT2D eigenvalue weighted by atomic mass is 10.5. The van der Waals surface area contributed by atoms with Crippen LogP contribution in [0.1, 0.15) is 12.8 Å². The van der Waals surface area contributed by atoms with E-state index in [2.05, 4.69) is 9.88 Å². The van der Waals surface area contributed by atoms with E-state index in [0.29, 0.717) is 0 Å². The minimum atomic E-state index is 0.723. The maximum atomic E-state index is 5.08. The van der Waals surface area contributed by atoms with Gasteiger partial charge >= 0.3 is 0 Å². The lowest BCUT2D eigenvalue weighted by Crippen LogP contribution is -2.29. The highest BCUT2D eigenvalue weighted by Crippen LogP contribution is 2.32. The van der Waals surface area contributed by atoms with Crippen molar-refractivity contribution in [1.82, 2.24) is 4.98 Å². The predicted molar refractivity (Wildman–Crippen MR) is 54.4 cm³/mol. The smallest absolute Gasteiger partial charge is 0.185 e. The van der Waals surface area contributed by atoms with Gasteiger partial charge in [-0.15, -0.1) is 11.3 Å². The maximum Gasteiger partial charge on any atom is 0.185 e. The molecule has 0 N–H and O–H groups in total. The molecule has 1 saturated carbocycles. The van der Waals surface area contributed by atoms with E-state index in [1.807, 2.05) is 11.6 Å². The number of aromatic nitrogens is 1. The normalized spacial score (nSPS) is 16.1. The summed E-state index contributed by atoms with van der Waals surface area (Å²) in [7, 11) is 1.74. The number of ether oxygens (including phenoxy) is 1. The summed E-state index contributed by atoms with van der Waals surface area (Å²) in [5.41, 5.74) is 0. The lowest BCUT2D eigenvalue weighted by Gasteiger charge is -2.20. The van der Waals surface area contributed by atoms with Gasteiger partial charge in [-0.05, 0) is 12.8 Å². The van der Waals surface area contributed by atoms with Crippen LogP contribution in [0.4, 0.5) is 5.13 Å². The van der Waals surface area contributed by atoms with Crippen molar-refractivity contribution < 1.29 is 4.74 Å². The van der Waals surface area contributed by atoms with Crippen LogP contribution in [0.15, 0.2) is 11.6 Å². The van der Waals surface area contributed by atoms with Crippen molar-refractivity contribution in [3.05, 3.63) is 11.6 Å². The third kappa shape index (κ3) is 2.19. The number of thiazole rings is 1. The van der Waals surface area contributed by atoms with Crippen LogP contribution in [0.25, 0.3) is 0 Å². The van der Waals surface area contributed by atoms with E-state index in [1.54, 1.807) is 18.4 Å². The van der Waals surface area contributed by atoms with Gasteiger partial charge in [-0.25, -0.2) is 4.98 Å². The van der Waals surface area contributed by atoms with Crippen molar-refractivity contribution >= 4 is 16.5 Å². The molecule has 1 aliphatic rings. The molecular formula is C9H14N2OS. The summed E-state index contributed by atoms with van der Waals surface area (Å²) in [5.74, 6) is 0. The van der Waals surface area contributed by atoms with Gasteiger partial charge in [0.25, 0.3) is 0 Å². The monoisotopic (exact) mass is 198 g/mol. The molecule has 3 nitrogen and oxygen atoms in total. The third-order valence-corrected chi connectivity index (χ3v) is 3.00. The zero-order chi connectivity index (χ0) is 9.10. The Morgan fingerprint density at radius 1 is 1.69 bits per heavy atom. The Morgan fingerprint density at radius 3 is 3.08 bits per heavy atom. The minimum Gasteiger partial charge on any atom is -0.383 e. The van der Waals surface area contributed by atoms with Gasteiger partial charge < -0.3 is 9.64 Å². The Labute approximate surface area is 82.3 Å². The average molecular weight is 198 g/mol. The van der Waals surface area contributed by atoms with Crippen molar-refractivity contribution in [3.63, 3.8) is 0 Å². The molecule has 1 aromatic heterocycles. The topological polar surface area (TPSA) is 25.4 Å². The Balaban J connectivity index is 1.97. The molecule has 72 valence electrons. The molecule has 1 fully saturated rings. The van der Waals surface area contributed by atoms with Crippen molar-refractivity contribution in [2.75, 3.05) is 25.2 Å². The highest BCUT2D eigenvalue weighted by Gasteiger charge is 2.30. The molecule has 0 aromatic carbocycles. The Hall–Kier alpha value is -0.610. The Bertz CT molecular complexity index is 246. The number of nitrogens with zero attached hydrogens (tertiary/aromatic N) is 2. The highest BCUT2D eigenvalue weighted by atomic mass is 32.1. The van der Waals surface area contributed by atoms with Gasteiger partial charge in [-0.1, -0.05) is 0 Å². The van der Waals surface area contributed by atoms with Crippen LogP contribution in [0.3, 0.4) is 0 Å². The molecule has 0 spiro atoms. The molecule has 0 unspecified atom stereocenters. The molecule has 13 heavy (non-hydrogen) atoms. The van der Waals surface area contributed by atoms with Crippen molar-refractivity contribution in [2.24, 2.45) is 0 Å². The van der Waals surface area contributed by atoms with Gasteiger partial charge in [0, 0.05) is 31.3 Å². The number of hydrogen-bond donors (Lipinski definition) is 0. The van der Waals surface area contributed by atoms with E-state index < -0.39 is 0 Å². The maximum absolute atomic E-state index is 5.08. The summed E-state index contributed by atoms with van der Waals surface area (Å²) in [6.45, 7) is 1.75. The van der Waals surface area contributed by atoms with E-state index in [9.17, 15) is 0 Å². The largest absolute Gasteiger partial charge is 0.383 e. The van der Waals surface area contributed by atoms with Crippen LogP contribution in [0.5, 0.6) is 0 Å². The molecule has 1 aromatic rings. The quantitative estimate of drug-likeness (QED) is 0.721. The summed E-state index contributed by atoms with van der Waals surface area (Å²) < 4.78 is 5.08. The molecule has 0 saturated heterocycles. The predicted octanol–water partition coefficient (Wildman–Crippen LogP) is 1.76. The third-order valence-electron chi connectivity index (χ3n) is 2.19. The average Bonchev–Trinajstić information content (AvgIpc) is 2.82. The van der Waals surface area contributed by atoms with Crippen LogP contribution < -0.4 is 4.90 Å². The molecule has 0 aliphatic heterocycles. The fourth-order valence-electron chi connectivity index (χ4n) is 1.37. The summed E-state index contributed by atoms with van der Waals surface area (Å²) in [4.78, 5) is 6.67. The van der Waals surface area contributed by atoms with Gasteiger partial charge in [0.15, 0.2) is 5.13 Å². The summed E-state index contributed by atoms with van der Waals surface area (Å²) in [6.07, 6.45) is 4.48. The van der Waals surface area contributed by atoms with E-state index in [0.717, 1.165) is 24.3 Å². The molecule has 0 atom stereocenters. The van der Waals surface area contributed by atoms with Crippen molar-refractivity contribution in [2.45, 2.75) is 18.9 Å². The molecule has 0 bridgehead atoms.